The summed E-state index contributed by atoms with van der Waals surface area (Å²) < 4.78 is 0. The quantitative estimate of drug-likeness (QED) is 0.762. The summed E-state index contributed by atoms with van der Waals surface area (Å²) in [6.07, 6.45) is 3.88. The Kier molecular flexibility index (Phi) is 6.61. The van der Waals surface area contributed by atoms with Crippen LogP contribution in [0.1, 0.15) is 32.3 Å². The van der Waals surface area contributed by atoms with Crippen molar-refractivity contribution < 1.29 is 0 Å². The molecule has 0 bridgehead atoms. The van der Waals surface area contributed by atoms with Crippen LogP contribution >= 0.6 is 11.6 Å². The summed E-state index contributed by atoms with van der Waals surface area (Å²) in [5.74, 6) is 0.863. The van der Waals surface area contributed by atoms with E-state index in [0.29, 0.717) is 0 Å². The lowest BCUT2D eigenvalue weighted by Crippen LogP contribution is -2.30. The molecule has 1 aliphatic rings. The molecule has 1 saturated heterocycles. The third-order valence-electron chi connectivity index (χ3n) is 3.28. The van der Waals surface area contributed by atoms with Crippen LogP contribution in [0.25, 0.3) is 0 Å². The lowest BCUT2D eigenvalue weighted by molar-refractivity contribution is 0.219. The second kappa shape index (κ2) is 7.73. The van der Waals surface area contributed by atoms with E-state index in [-0.39, 0.29) is 0 Å². The van der Waals surface area contributed by atoms with Crippen molar-refractivity contribution in [3.8, 4) is 0 Å². The van der Waals surface area contributed by atoms with Gasteiger partial charge in [-0.25, -0.2) is 0 Å². The normalized spacial score (nSPS) is 17.4. The minimum atomic E-state index is 0.835. The standard InChI is InChI=1S/C13H18ClN.C2H6/c1-15-8-6-12(7-9-15)10-11-2-4-13(14)5-3-11;1-2/h2-5,12H,6-10H2,1H3;1-2H3. The van der Waals surface area contributed by atoms with Crippen molar-refractivity contribution in [1.82, 2.24) is 4.90 Å². The summed E-state index contributed by atoms with van der Waals surface area (Å²) in [5.41, 5.74) is 1.42. The van der Waals surface area contributed by atoms with Gasteiger partial charge in [0.2, 0.25) is 0 Å². The molecule has 0 amide bonds. The second-order valence-electron chi connectivity index (χ2n) is 4.58. The van der Waals surface area contributed by atoms with Gasteiger partial charge in [-0.15, -0.1) is 0 Å². The van der Waals surface area contributed by atoms with Crippen LogP contribution in [0.5, 0.6) is 0 Å². The minimum absolute atomic E-state index is 0.835. The van der Waals surface area contributed by atoms with Crippen LogP contribution < -0.4 is 0 Å². The van der Waals surface area contributed by atoms with Crippen molar-refractivity contribution in [3.05, 3.63) is 34.9 Å². The van der Waals surface area contributed by atoms with Gasteiger partial charge in [-0.05, 0) is 63.0 Å². The zero-order valence-corrected chi connectivity index (χ0v) is 12.0. The highest BCUT2D eigenvalue weighted by Crippen LogP contribution is 2.21. The van der Waals surface area contributed by atoms with Gasteiger partial charge in [0, 0.05) is 5.02 Å². The number of benzene rings is 1. The number of likely N-dealkylation sites (tertiary alicyclic amines) is 1. The van der Waals surface area contributed by atoms with Gasteiger partial charge in [0.05, 0.1) is 0 Å². The molecule has 1 nitrogen and oxygen atoms in total. The zero-order valence-electron chi connectivity index (χ0n) is 11.2. The SMILES string of the molecule is CC.CN1CCC(Cc2ccc(Cl)cc2)CC1. The second-order valence-corrected chi connectivity index (χ2v) is 5.01. The Morgan fingerprint density at radius 1 is 1.12 bits per heavy atom. The predicted molar refractivity (Wildman–Crippen MR) is 76.7 cm³/mol. The molecule has 0 saturated carbocycles. The molecule has 1 aromatic carbocycles. The first-order chi connectivity index (χ1) is 8.24. The zero-order chi connectivity index (χ0) is 12.7. The Balaban J connectivity index is 0.000000686. The number of piperidine rings is 1. The summed E-state index contributed by atoms with van der Waals surface area (Å²) >= 11 is 5.87. The first-order valence-electron chi connectivity index (χ1n) is 6.67. The molecule has 96 valence electrons. The molecule has 2 rings (SSSR count). The van der Waals surface area contributed by atoms with E-state index >= 15 is 0 Å². The van der Waals surface area contributed by atoms with E-state index in [1.54, 1.807) is 0 Å². The average molecular weight is 254 g/mol. The molecule has 0 atom stereocenters. The fourth-order valence-corrected chi connectivity index (χ4v) is 2.35. The maximum Gasteiger partial charge on any atom is 0.0406 e. The molecule has 17 heavy (non-hydrogen) atoms. The van der Waals surface area contributed by atoms with Crippen LogP contribution in [0.2, 0.25) is 5.02 Å². The molecule has 0 N–H and O–H groups in total. The lowest BCUT2D eigenvalue weighted by Gasteiger charge is -2.28. The van der Waals surface area contributed by atoms with E-state index in [2.05, 4.69) is 24.1 Å². The molecule has 0 radical (unpaired) electrons. The Hall–Kier alpha value is -0.530. The molecular weight excluding hydrogens is 230 g/mol. The molecule has 0 aliphatic carbocycles. The molecular formula is C15H24ClN. The molecule has 0 spiro atoms. The van der Waals surface area contributed by atoms with Crippen LogP contribution in [0.4, 0.5) is 0 Å². The van der Waals surface area contributed by atoms with Crippen molar-refractivity contribution in [1.29, 1.82) is 0 Å². The summed E-state index contributed by atoms with van der Waals surface area (Å²) in [7, 11) is 2.21. The van der Waals surface area contributed by atoms with Crippen molar-refractivity contribution in [2.75, 3.05) is 20.1 Å². The monoisotopic (exact) mass is 253 g/mol. The van der Waals surface area contributed by atoms with Crippen molar-refractivity contribution in [2.24, 2.45) is 5.92 Å². The van der Waals surface area contributed by atoms with Gasteiger partial charge in [0.1, 0.15) is 0 Å². The number of nitrogens with zero attached hydrogens (tertiary/aromatic N) is 1. The third-order valence-corrected chi connectivity index (χ3v) is 3.53. The number of hydrogen-bond acceptors (Lipinski definition) is 1. The van der Waals surface area contributed by atoms with Crippen LogP contribution in [-0.2, 0) is 6.42 Å². The van der Waals surface area contributed by atoms with Crippen LogP contribution in [0.15, 0.2) is 24.3 Å². The molecule has 1 fully saturated rings. The number of rotatable bonds is 2. The molecule has 1 aliphatic heterocycles. The van der Waals surface area contributed by atoms with E-state index in [1.165, 1.54) is 37.9 Å². The molecule has 2 heteroatoms. The largest absolute Gasteiger partial charge is 0.306 e. The highest BCUT2D eigenvalue weighted by molar-refractivity contribution is 6.30. The number of hydrogen-bond donors (Lipinski definition) is 0. The van der Waals surface area contributed by atoms with Gasteiger partial charge in [-0.2, -0.15) is 0 Å². The van der Waals surface area contributed by atoms with Gasteiger partial charge < -0.3 is 4.90 Å². The van der Waals surface area contributed by atoms with E-state index in [9.17, 15) is 0 Å². The number of halogens is 1. The summed E-state index contributed by atoms with van der Waals surface area (Å²) in [4.78, 5) is 2.42. The predicted octanol–water partition coefficient (Wildman–Crippen LogP) is 4.25. The first-order valence-corrected chi connectivity index (χ1v) is 7.05. The van der Waals surface area contributed by atoms with E-state index in [1.807, 2.05) is 26.0 Å². The van der Waals surface area contributed by atoms with Crippen molar-refractivity contribution >= 4 is 11.6 Å². The summed E-state index contributed by atoms with van der Waals surface area (Å²) in [5, 5.41) is 0.835. The average Bonchev–Trinajstić information content (AvgIpc) is 2.37. The first kappa shape index (κ1) is 14.5. The highest BCUT2D eigenvalue weighted by Gasteiger charge is 2.16. The van der Waals surface area contributed by atoms with Gasteiger partial charge in [-0.1, -0.05) is 37.6 Å². The molecule has 0 unspecified atom stereocenters. The maximum absolute atomic E-state index is 5.87. The molecule has 1 aromatic rings. The Bertz CT molecular complexity index is 299. The maximum atomic E-state index is 5.87. The van der Waals surface area contributed by atoms with E-state index in [4.69, 9.17) is 11.6 Å². The van der Waals surface area contributed by atoms with Gasteiger partial charge in [0.25, 0.3) is 0 Å². The van der Waals surface area contributed by atoms with Gasteiger partial charge >= 0.3 is 0 Å². The van der Waals surface area contributed by atoms with E-state index < -0.39 is 0 Å². The lowest BCUT2D eigenvalue weighted by atomic mass is 9.90. The van der Waals surface area contributed by atoms with Crippen LogP contribution in [-0.4, -0.2) is 25.0 Å². The van der Waals surface area contributed by atoms with Crippen LogP contribution in [0.3, 0.4) is 0 Å². The Morgan fingerprint density at radius 2 is 1.65 bits per heavy atom. The smallest absolute Gasteiger partial charge is 0.0406 e. The molecule has 0 aromatic heterocycles. The van der Waals surface area contributed by atoms with E-state index in [0.717, 1.165) is 10.9 Å². The molecule has 1 heterocycles. The highest BCUT2D eigenvalue weighted by atomic mass is 35.5. The van der Waals surface area contributed by atoms with Gasteiger partial charge in [0.15, 0.2) is 0 Å². The van der Waals surface area contributed by atoms with Crippen molar-refractivity contribution in [2.45, 2.75) is 33.1 Å². The third kappa shape index (κ3) is 5.10. The summed E-state index contributed by atoms with van der Waals surface area (Å²) in [6, 6.07) is 8.29. The minimum Gasteiger partial charge on any atom is -0.306 e. The van der Waals surface area contributed by atoms with Gasteiger partial charge in [-0.3, -0.25) is 0 Å². The fraction of sp³-hybridized carbons (Fsp3) is 0.600. The topological polar surface area (TPSA) is 3.24 Å². The van der Waals surface area contributed by atoms with Crippen LogP contribution in [0, 0.1) is 5.92 Å². The Labute approximate surface area is 111 Å². The van der Waals surface area contributed by atoms with Crippen molar-refractivity contribution in [3.63, 3.8) is 0 Å². The Morgan fingerprint density at radius 3 is 2.18 bits per heavy atom. The fourth-order valence-electron chi connectivity index (χ4n) is 2.22. The summed E-state index contributed by atoms with van der Waals surface area (Å²) in [6.45, 7) is 6.50.